The molecule has 0 aromatic carbocycles. The topological polar surface area (TPSA) is 40.5 Å². The molecule has 3 nitrogen and oxygen atoms in total. The molecule has 88 valence electrons. The summed E-state index contributed by atoms with van der Waals surface area (Å²) < 4.78 is 0. The Labute approximate surface area is 99.7 Å². The maximum atomic E-state index is 12.2. The van der Waals surface area contributed by atoms with Crippen molar-refractivity contribution in [1.82, 2.24) is 4.90 Å². The molecule has 0 aliphatic carbocycles. The van der Waals surface area contributed by atoms with Gasteiger partial charge in [-0.2, -0.15) is 0 Å². The predicted octanol–water partition coefficient (Wildman–Crippen LogP) is 1.96. The highest BCUT2D eigenvalue weighted by Gasteiger charge is 2.24. The van der Waals surface area contributed by atoms with Crippen LogP contribution in [0.15, 0.2) is 5.38 Å². The van der Waals surface area contributed by atoms with Crippen molar-refractivity contribution in [1.29, 1.82) is 0 Å². The van der Waals surface area contributed by atoms with Crippen molar-refractivity contribution in [3.8, 4) is 0 Å². The summed E-state index contributed by atoms with van der Waals surface area (Å²) in [6.07, 6.45) is 1.18. The van der Waals surface area contributed by atoms with Gasteiger partial charge in [0.2, 0.25) is 0 Å². The number of amides is 1. The van der Waals surface area contributed by atoms with E-state index in [1.165, 1.54) is 4.88 Å². The fraction of sp³-hybridized carbons (Fsp3) is 0.583. The summed E-state index contributed by atoms with van der Waals surface area (Å²) >= 11 is 1.63. The van der Waals surface area contributed by atoms with E-state index < -0.39 is 0 Å². The number of carbonyl (C=O) groups is 1. The summed E-state index contributed by atoms with van der Waals surface area (Å²) in [6, 6.07) is 0. The second kappa shape index (κ2) is 4.55. The van der Waals surface area contributed by atoms with E-state index in [0.29, 0.717) is 25.9 Å². The molecule has 0 radical (unpaired) electrons. The molecule has 2 rings (SSSR count). The van der Waals surface area contributed by atoms with Gasteiger partial charge in [0.15, 0.2) is 0 Å². The summed E-state index contributed by atoms with van der Waals surface area (Å²) in [6.45, 7) is 5.39. The van der Waals surface area contributed by atoms with Gasteiger partial charge in [-0.05, 0) is 32.3 Å². The van der Waals surface area contributed by atoms with Crippen LogP contribution in [0.25, 0.3) is 0 Å². The first-order valence-corrected chi connectivity index (χ1v) is 6.49. The number of likely N-dealkylation sites (tertiary alicyclic amines) is 1. The Balaban J connectivity index is 2.11. The van der Waals surface area contributed by atoms with E-state index in [2.05, 4.69) is 0 Å². The second-order valence-corrected chi connectivity index (χ2v) is 5.44. The zero-order chi connectivity index (χ0) is 11.7. The van der Waals surface area contributed by atoms with E-state index in [9.17, 15) is 9.90 Å². The molecule has 1 N–H and O–H groups in total. The van der Waals surface area contributed by atoms with Gasteiger partial charge in [0.25, 0.3) is 5.91 Å². The van der Waals surface area contributed by atoms with Crippen LogP contribution < -0.4 is 0 Å². The molecule has 1 aromatic heterocycles. The molecule has 0 unspecified atom stereocenters. The number of thiophene rings is 1. The van der Waals surface area contributed by atoms with Crippen LogP contribution in [0.3, 0.4) is 0 Å². The Morgan fingerprint density at radius 2 is 2.06 bits per heavy atom. The van der Waals surface area contributed by atoms with Crippen LogP contribution in [0, 0.1) is 13.8 Å². The van der Waals surface area contributed by atoms with Crippen molar-refractivity contribution < 1.29 is 9.90 Å². The average Bonchev–Trinajstić information content (AvgIpc) is 2.60. The fourth-order valence-corrected chi connectivity index (χ4v) is 2.82. The van der Waals surface area contributed by atoms with E-state index in [1.54, 1.807) is 11.3 Å². The molecular weight excluding hydrogens is 222 g/mol. The van der Waals surface area contributed by atoms with Crippen molar-refractivity contribution in [3.05, 3.63) is 21.4 Å². The molecule has 1 aromatic rings. The molecule has 0 saturated carbocycles. The number of rotatable bonds is 1. The molecule has 0 spiro atoms. The predicted molar refractivity (Wildman–Crippen MR) is 64.9 cm³/mol. The first-order valence-electron chi connectivity index (χ1n) is 5.61. The Bertz CT molecular complexity index is 392. The van der Waals surface area contributed by atoms with E-state index in [4.69, 9.17) is 0 Å². The average molecular weight is 239 g/mol. The third-order valence-electron chi connectivity index (χ3n) is 3.27. The molecular formula is C12H17NO2S. The maximum absolute atomic E-state index is 12.2. The summed E-state index contributed by atoms with van der Waals surface area (Å²) in [5, 5.41) is 11.3. The van der Waals surface area contributed by atoms with Gasteiger partial charge in [0.1, 0.15) is 0 Å². The summed E-state index contributed by atoms with van der Waals surface area (Å²) in [7, 11) is 0. The third kappa shape index (κ3) is 2.13. The molecule has 1 amide bonds. The summed E-state index contributed by atoms with van der Waals surface area (Å²) in [5.41, 5.74) is 1.93. The largest absolute Gasteiger partial charge is 0.393 e. The molecule has 2 heterocycles. The molecule has 0 bridgehead atoms. The van der Waals surface area contributed by atoms with Crippen LogP contribution in [0.2, 0.25) is 0 Å². The van der Waals surface area contributed by atoms with Crippen LogP contribution in [0.5, 0.6) is 0 Å². The fourth-order valence-electron chi connectivity index (χ4n) is 1.96. The monoisotopic (exact) mass is 239 g/mol. The van der Waals surface area contributed by atoms with Crippen molar-refractivity contribution in [2.75, 3.05) is 13.1 Å². The Kier molecular flexibility index (Phi) is 3.30. The highest BCUT2D eigenvalue weighted by Crippen LogP contribution is 2.23. The van der Waals surface area contributed by atoms with Crippen LogP contribution >= 0.6 is 11.3 Å². The minimum atomic E-state index is -0.227. The van der Waals surface area contributed by atoms with Gasteiger partial charge in [-0.1, -0.05) is 0 Å². The lowest BCUT2D eigenvalue weighted by Crippen LogP contribution is -2.40. The quantitative estimate of drug-likeness (QED) is 0.814. The van der Waals surface area contributed by atoms with Gasteiger partial charge in [0.05, 0.1) is 11.7 Å². The number of nitrogens with zero attached hydrogens (tertiary/aromatic N) is 1. The van der Waals surface area contributed by atoms with Gasteiger partial charge in [-0.15, -0.1) is 11.3 Å². The number of aryl methyl sites for hydroxylation is 1. The van der Waals surface area contributed by atoms with E-state index in [-0.39, 0.29) is 12.0 Å². The van der Waals surface area contributed by atoms with Crippen LogP contribution in [-0.4, -0.2) is 35.1 Å². The zero-order valence-corrected chi connectivity index (χ0v) is 10.5. The zero-order valence-electron chi connectivity index (χ0n) is 9.69. The van der Waals surface area contributed by atoms with Gasteiger partial charge >= 0.3 is 0 Å². The smallest absolute Gasteiger partial charge is 0.254 e. The minimum absolute atomic E-state index is 0.119. The number of hydrogen-bond donors (Lipinski definition) is 1. The maximum Gasteiger partial charge on any atom is 0.254 e. The van der Waals surface area contributed by atoms with Crippen molar-refractivity contribution in [2.24, 2.45) is 0 Å². The number of piperidine rings is 1. The molecule has 16 heavy (non-hydrogen) atoms. The van der Waals surface area contributed by atoms with Crippen molar-refractivity contribution in [3.63, 3.8) is 0 Å². The molecule has 1 fully saturated rings. The van der Waals surface area contributed by atoms with Crippen LogP contribution in [-0.2, 0) is 0 Å². The molecule has 1 aliphatic heterocycles. The van der Waals surface area contributed by atoms with Crippen LogP contribution in [0.1, 0.15) is 33.6 Å². The first-order chi connectivity index (χ1) is 7.59. The van der Waals surface area contributed by atoms with E-state index in [0.717, 1.165) is 11.1 Å². The minimum Gasteiger partial charge on any atom is -0.393 e. The molecule has 4 heteroatoms. The van der Waals surface area contributed by atoms with Gasteiger partial charge in [-0.25, -0.2) is 0 Å². The van der Waals surface area contributed by atoms with Gasteiger partial charge in [-0.3, -0.25) is 4.79 Å². The van der Waals surface area contributed by atoms with Crippen molar-refractivity contribution >= 4 is 17.2 Å². The number of hydrogen-bond acceptors (Lipinski definition) is 3. The van der Waals surface area contributed by atoms with E-state index >= 15 is 0 Å². The lowest BCUT2D eigenvalue weighted by atomic mass is 10.1. The first kappa shape index (κ1) is 11.6. The van der Waals surface area contributed by atoms with E-state index in [1.807, 2.05) is 24.1 Å². The highest BCUT2D eigenvalue weighted by molar-refractivity contribution is 7.10. The number of aliphatic hydroxyl groups excluding tert-OH is 1. The van der Waals surface area contributed by atoms with Gasteiger partial charge < -0.3 is 10.0 Å². The number of aliphatic hydroxyl groups is 1. The molecule has 1 aliphatic rings. The lowest BCUT2D eigenvalue weighted by molar-refractivity contribution is 0.0546. The Morgan fingerprint density at radius 3 is 2.56 bits per heavy atom. The van der Waals surface area contributed by atoms with Crippen molar-refractivity contribution in [2.45, 2.75) is 32.8 Å². The summed E-state index contributed by atoms with van der Waals surface area (Å²) in [4.78, 5) is 15.2. The Hall–Kier alpha value is -0.870. The molecule has 1 saturated heterocycles. The number of carbonyl (C=O) groups excluding carboxylic acids is 1. The second-order valence-electron chi connectivity index (χ2n) is 4.35. The SMILES string of the molecule is Cc1scc(C(=O)N2CCC(O)CC2)c1C. The standard InChI is InChI=1S/C12H17NO2S/c1-8-9(2)16-7-11(8)12(15)13-5-3-10(14)4-6-13/h7,10,14H,3-6H2,1-2H3. The van der Waals surface area contributed by atoms with Crippen LogP contribution in [0.4, 0.5) is 0 Å². The normalized spacial score (nSPS) is 17.8. The van der Waals surface area contributed by atoms with Gasteiger partial charge in [0, 0.05) is 23.3 Å². The third-order valence-corrected chi connectivity index (χ3v) is 4.28. The Morgan fingerprint density at radius 1 is 1.44 bits per heavy atom. The summed E-state index contributed by atoms with van der Waals surface area (Å²) in [5.74, 6) is 0.119. The highest BCUT2D eigenvalue weighted by atomic mass is 32.1. The molecule has 0 atom stereocenters. The lowest BCUT2D eigenvalue weighted by Gasteiger charge is -2.29.